The molecule has 1 saturated heterocycles. The van der Waals surface area contributed by atoms with Gasteiger partial charge < -0.3 is 19.7 Å². The summed E-state index contributed by atoms with van der Waals surface area (Å²) in [5.41, 5.74) is 0.870. The van der Waals surface area contributed by atoms with Crippen LogP contribution in [-0.2, 0) is 30.3 Å². The summed E-state index contributed by atoms with van der Waals surface area (Å²) >= 11 is 5.01. The number of thiophene rings is 1. The third kappa shape index (κ3) is 5.02. The fourth-order valence-electron chi connectivity index (χ4n) is 4.65. The first-order valence-electron chi connectivity index (χ1n) is 11.9. The Hall–Kier alpha value is -2.67. The summed E-state index contributed by atoms with van der Waals surface area (Å²) in [5.74, 6) is -1.32. The summed E-state index contributed by atoms with van der Waals surface area (Å²) in [6.45, 7) is 0. The minimum absolute atomic E-state index is 0.142. The lowest BCUT2D eigenvalue weighted by molar-refractivity contribution is -0.202. The van der Waals surface area contributed by atoms with Crippen molar-refractivity contribution in [1.82, 2.24) is 10.2 Å². The van der Waals surface area contributed by atoms with E-state index in [9.17, 15) is 14.4 Å². The molecule has 2 aliphatic heterocycles. The van der Waals surface area contributed by atoms with Gasteiger partial charge in [0.05, 0.1) is 6.42 Å². The monoisotopic (exact) mass is 660 g/mol. The summed E-state index contributed by atoms with van der Waals surface area (Å²) in [5, 5.41) is 5.97. The lowest BCUT2D eigenvalue weighted by Gasteiger charge is -2.57. The number of hydrogen-bond acceptors (Lipinski definition) is 7. The quantitative estimate of drug-likeness (QED) is 0.118. The van der Waals surface area contributed by atoms with Gasteiger partial charge >= 0.3 is 5.97 Å². The number of alkyl halides is 1. The Bertz CT molecular complexity index is 1300. The van der Waals surface area contributed by atoms with Crippen LogP contribution < -0.4 is 5.32 Å². The number of β-lactam (4-membered cyclic amide) rings is 1. The molecule has 0 spiro atoms. The Morgan fingerprint density at radius 2 is 1.71 bits per heavy atom. The van der Waals surface area contributed by atoms with Crippen molar-refractivity contribution >= 4 is 63.5 Å². The predicted molar refractivity (Wildman–Crippen MR) is 156 cm³/mol. The van der Waals surface area contributed by atoms with Gasteiger partial charge in [-0.05, 0) is 33.6 Å². The largest absolute Gasteiger partial charge is 0.451 e. The molecular weight excluding hydrogens is 635 g/mol. The number of methoxy groups -OCH3 is 1. The number of carbonyl (C=O) groups is 3. The molecule has 2 aliphatic rings. The van der Waals surface area contributed by atoms with E-state index in [1.807, 2.05) is 83.6 Å². The Balaban J connectivity index is 1.40. The van der Waals surface area contributed by atoms with E-state index in [-0.39, 0.29) is 12.3 Å². The van der Waals surface area contributed by atoms with Crippen molar-refractivity contribution in [2.24, 2.45) is 0 Å². The molecule has 1 fully saturated rings. The van der Waals surface area contributed by atoms with Gasteiger partial charge in [0.1, 0.15) is 5.37 Å². The molecule has 0 saturated carbocycles. The zero-order valence-corrected chi connectivity index (χ0v) is 24.2. The number of ether oxygens (including phenoxy) is 2. The van der Waals surface area contributed by atoms with Gasteiger partial charge in [-0.3, -0.25) is 9.59 Å². The normalized spacial score (nSPS) is 22.3. The van der Waals surface area contributed by atoms with E-state index in [2.05, 4.69) is 27.9 Å². The van der Waals surface area contributed by atoms with Crippen molar-refractivity contribution in [3.63, 3.8) is 0 Å². The lowest BCUT2D eigenvalue weighted by atomic mass is 9.94. The molecule has 5 rings (SSSR count). The molecule has 0 aliphatic carbocycles. The van der Waals surface area contributed by atoms with E-state index < -0.39 is 35.1 Å². The number of nitrogens with one attached hydrogen (secondary N) is 1. The van der Waals surface area contributed by atoms with Crippen molar-refractivity contribution in [2.75, 3.05) is 11.5 Å². The first-order chi connectivity index (χ1) is 18.5. The zero-order chi connectivity index (χ0) is 26.7. The molecule has 2 aromatic carbocycles. The lowest BCUT2D eigenvalue weighted by Crippen LogP contribution is -2.83. The van der Waals surface area contributed by atoms with Crippen molar-refractivity contribution in [3.8, 4) is 0 Å². The van der Waals surface area contributed by atoms with Crippen LogP contribution in [0.1, 0.15) is 22.1 Å². The first kappa shape index (κ1) is 26.9. The molecule has 1 unspecified atom stereocenters. The van der Waals surface area contributed by atoms with Gasteiger partial charge in [-0.2, -0.15) is 0 Å². The minimum Gasteiger partial charge on any atom is -0.451 e. The van der Waals surface area contributed by atoms with Gasteiger partial charge in [0, 0.05) is 16.4 Å². The smallest absolute Gasteiger partial charge is 0.334 e. The third-order valence-corrected chi connectivity index (χ3v) is 9.52. The van der Waals surface area contributed by atoms with Crippen LogP contribution in [0, 0.1) is 0 Å². The van der Waals surface area contributed by atoms with E-state index in [0.717, 1.165) is 21.6 Å². The fourth-order valence-corrected chi connectivity index (χ4v) is 7.61. The van der Waals surface area contributed by atoms with Gasteiger partial charge in [0.15, 0.2) is 12.1 Å². The molecule has 3 aromatic rings. The highest BCUT2D eigenvalue weighted by Crippen LogP contribution is 2.47. The summed E-state index contributed by atoms with van der Waals surface area (Å²) in [7, 11) is 1.40. The van der Waals surface area contributed by atoms with Gasteiger partial charge in [-0.15, -0.1) is 23.1 Å². The number of amides is 2. The number of benzene rings is 2. The van der Waals surface area contributed by atoms with E-state index in [1.54, 1.807) is 0 Å². The predicted octanol–water partition coefficient (Wildman–Crippen LogP) is 4.68. The molecule has 7 nitrogen and oxygen atoms in total. The maximum absolute atomic E-state index is 13.8. The SMILES string of the molecule is CO[C@@]1(NC(=O)Cc2cccs2)C(=O)N2C(C(=O)OC(c3ccccc3)c3ccccc3)C(CI)=CS[C@@H]21. The van der Waals surface area contributed by atoms with Crippen LogP contribution in [0.2, 0.25) is 0 Å². The number of fused-ring (bicyclic) bond motifs is 1. The number of thioether (sulfide) groups is 1. The van der Waals surface area contributed by atoms with Crippen molar-refractivity contribution in [1.29, 1.82) is 0 Å². The van der Waals surface area contributed by atoms with Crippen LogP contribution in [0.4, 0.5) is 0 Å². The summed E-state index contributed by atoms with van der Waals surface area (Å²) < 4.78 is 12.3. The average molecular weight is 661 g/mol. The molecule has 3 atom stereocenters. The third-order valence-electron chi connectivity index (χ3n) is 6.51. The molecule has 0 radical (unpaired) electrons. The molecule has 196 valence electrons. The topological polar surface area (TPSA) is 84.9 Å². The average Bonchev–Trinajstić information content (AvgIpc) is 3.47. The summed E-state index contributed by atoms with van der Waals surface area (Å²) in [4.78, 5) is 42.6. The van der Waals surface area contributed by atoms with Crippen molar-refractivity contribution < 1.29 is 23.9 Å². The second kappa shape index (κ2) is 11.6. The van der Waals surface area contributed by atoms with Crippen LogP contribution in [0.25, 0.3) is 0 Å². The van der Waals surface area contributed by atoms with Crippen LogP contribution in [0.5, 0.6) is 0 Å². The van der Waals surface area contributed by atoms with Gasteiger partial charge in [-0.25, -0.2) is 4.79 Å². The maximum Gasteiger partial charge on any atom is 0.334 e. The molecule has 38 heavy (non-hydrogen) atoms. The highest BCUT2D eigenvalue weighted by atomic mass is 127. The van der Waals surface area contributed by atoms with Crippen LogP contribution in [0.3, 0.4) is 0 Å². The first-order valence-corrected chi connectivity index (χ1v) is 15.3. The molecule has 3 heterocycles. The van der Waals surface area contributed by atoms with E-state index in [0.29, 0.717) is 4.43 Å². The Morgan fingerprint density at radius 3 is 2.26 bits per heavy atom. The molecule has 10 heteroatoms. The zero-order valence-electron chi connectivity index (χ0n) is 20.4. The molecule has 1 aromatic heterocycles. The number of carbonyl (C=O) groups excluding carboxylic acids is 3. The van der Waals surface area contributed by atoms with Gasteiger partial charge in [-0.1, -0.05) is 89.3 Å². The number of rotatable bonds is 9. The molecule has 1 N–H and O–H groups in total. The Morgan fingerprint density at radius 1 is 1.05 bits per heavy atom. The number of halogens is 1. The summed E-state index contributed by atoms with van der Waals surface area (Å²) in [6.07, 6.45) is -0.494. The van der Waals surface area contributed by atoms with Crippen LogP contribution in [-0.4, -0.2) is 51.4 Å². The van der Waals surface area contributed by atoms with Gasteiger partial charge in [0.25, 0.3) is 11.6 Å². The number of nitrogens with zero attached hydrogens (tertiary/aromatic N) is 1. The maximum atomic E-state index is 13.8. The van der Waals surface area contributed by atoms with Gasteiger partial charge in [0.2, 0.25) is 5.91 Å². The second-order valence-electron chi connectivity index (χ2n) is 8.81. The molecule has 0 bridgehead atoms. The van der Waals surface area contributed by atoms with Crippen molar-refractivity contribution in [3.05, 3.63) is 105 Å². The van der Waals surface area contributed by atoms with E-state index in [4.69, 9.17) is 9.47 Å². The Labute approximate surface area is 242 Å². The highest BCUT2D eigenvalue weighted by Gasteiger charge is 2.67. The summed E-state index contributed by atoms with van der Waals surface area (Å²) in [6, 6.07) is 21.9. The Kier molecular flexibility index (Phi) is 8.22. The molecular formula is C28H25IN2O5S2. The van der Waals surface area contributed by atoms with Crippen LogP contribution >= 0.6 is 45.7 Å². The second-order valence-corrected chi connectivity index (χ2v) is 11.6. The van der Waals surface area contributed by atoms with Crippen LogP contribution in [0.15, 0.2) is 89.2 Å². The number of hydrogen-bond donors (Lipinski definition) is 1. The number of esters is 1. The standard InChI is InChI=1S/C28H25IN2O5S2/c1-35-28(30-22(32)15-21-13-8-14-37-21)26(34)31-23(20(16-29)17-38-27(28)31)25(33)36-24(18-9-4-2-5-10-18)19-11-6-3-7-12-19/h2-14,17,23-24,27H,15-16H2,1H3,(H,30,32)/t23?,27-,28+/m1/s1. The molecule has 2 amide bonds. The minimum atomic E-state index is -1.55. The highest BCUT2D eigenvalue weighted by molar-refractivity contribution is 14.1. The fraction of sp³-hybridized carbons (Fsp3) is 0.250. The van der Waals surface area contributed by atoms with E-state index >= 15 is 0 Å². The van der Waals surface area contributed by atoms with E-state index in [1.165, 1.54) is 35.1 Å². The van der Waals surface area contributed by atoms with Crippen molar-refractivity contribution in [2.45, 2.75) is 29.7 Å².